The van der Waals surface area contributed by atoms with Crippen LogP contribution in [0.5, 0.6) is 0 Å². The summed E-state index contributed by atoms with van der Waals surface area (Å²) >= 11 is 5.87. The van der Waals surface area contributed by atoms with Crippen LogP contribution in [-0.2, 0) is 14.4 Å². The zero-order valence-electron chi connectivity index (χ0n) is 14.5. The van der Waals surface area contributed by atoms with Gasteiger partial charge in [-0.05, 0) is 55.4 Å². The molecule has 5 atom stereocenters. The molecule has 136 valence electrons. The number of allylic oxidation sites excluding steroid dienone is 2. The molecule has 5 rings (SSSR count). The monoisotopic (exact) mass is 372 g/mol. The summed E-state index contributed by atoms with van der Waals surface area (Å²) in [4.78, 5) is 40.1. The molecule has 6 heteroatoms. The molecule has 1 aromatic carbocycles. The number of halogens is 1. The van der Waals surface area contributed by atoms with Gasteiger partial charge in [0.1, 0.15) is 6.04 Å². The number of rotatable bonds is 4. The van der Waals surface area contributed by atoms with E-state index in [1.807, 2.05) is 6.92 Å². The number of amides is 3. The van der Waals surface area contributed by atoms with Gasteiger partial charge in [-0.3, -0.25) is 19.3 Å². The van der Waals surface area contributed by atoms with Crippen LogP contribution in [0.4, 0.5) is 5.69 Å². The number of nitrogens with one attached hydrogen (secondary N) is 1. The van der Waals surface area contributed by atoms with Gasteiger partial charge in [0.2, 0.25) is 17.7 Å². The van der Waals surface area contributed by atoms with E-state index in [4.69, 9.17) is 11.6 Å². The topological polar surface area (TPSA) is 66.5 Å². The van der Waals surface area contributed by atoms with Crippen LogP contribution in [-0.4, -0.2) is 28.7 Å². The van der Waals surface area contributed by atoms with E-state index in [0.29, 0.717) is 17.1 Å². The zero-order valence-corrected chi connectivity index (χ0v) is 15.3. The van der Waals surface area contributed by atoms with Crippen molar-refractivity contribution in [2.24, 2.45) is 23.7 Å². The second kappa shape index (κ2) is 6.54. The lowest BCUT2D eigenvalue weighted by Crippen LogP contribution is -2.47. The summed E-state index contributed by atoms with van der Waals surface area (Å²) in [5.74, 6) is -1.02. The maximum Gasteiger partial charge on any atom is 0.247 e. The quantitative estimate of drug-likeness (QED) is 0.651. The van der Waals surface area contributed by atoms with E-state index in [9.17, 15) is 14.4 Å². The largest absolute Gasteiger partial charge is 0.324 e. The lowest BCUT2D eigenvalue weighted by molar-refractivity contribution is -0.146. The molecular weight excluding hydrogens is 352 g/mol. The van der Waals surface area contributed by atoms with Gasteiger partial charge in [-0.2, -0.15) is 0 Å². The van der Waals surface area contributed by atoms with E-state index in [0.717, 1.165) is 12.8 Å². The molecular formula is C20H21ClN2O3. The molecule has 4 aliphatic rings. The van der Waals surface area contributed by atoms with Gasteiger partial charge in [-0.25, -0.2) is 0 Å². The Kier molecular flexibility index (Phi) is 4.35. The summed E-state index contributed by atoms with van der Waals surface area (Å²) in [6.45, 7) is 1.82. The number of anilines is 1. The molecule has 1 saturated heterocycles. The summed E-state index contributed by atoms with van der Waals surface area (Å²) in [7, 11) is 0. The average Bonchev–Trinajstić information content (AvgIpc) is 2.93. The van der Waals surface area contributed by atoms with Crippen molar-refractivity contribution in [2.45, 2.75) is 32.2 Å². The summed E-state index contributed by atoms with van der Waals surface area (Å²) < 4.78 is 0. The Labute approximate surface area is 157 Å². The Morgan fingerprint density at radius 3 is 2.12 bits per heavy atom. The lowest BCUT2D eigenvalue weighted by Gasteiger charge is -2.38. The predicted octanol–water partition coefficient (Wildman–Crippen LogP) is 3.25. The number of hydrogen-bond donors (Lipinski definition) is 1. The third kappa shape index (κ3) is 2.65. The Morgan fingerprint density at radius 2 is 1.65 bits per heavy atom. The van der Waals surface area contributed by atoms with Gasteiger partial charge in [-0.15, -0.1) is 0 Å². The number of hydrogen-bond acceptors (Lipinski definition) is 3. The molecule has 0 aromatic heterocycles. The van der Waals surface area contributed by atoms with Gasteiger partial charge in [0.15, 0.2) is 0 Å². The molecule has 5 nitrogen and oxygen atoms in total. The normalized spacial score (nSPS) is 30.5. The fourth-order valence-electron chi connectivity index (χ4n) is 4.65. The molecule has 0 radical (unpaired) electrons. The lowest BCUT2D eigenvalue weighted by atomic mass is 9.63. The van der Waals surface area contributed by atoms with Gasteiger partial charge in [-0.1, -0.05) is 30.7 Å². The number of carbonyl (C=O) groups is 3. The molecule has 3 aliphatic carbocycles. The predicted molar refractivity (Wildman–Crippen MR) is 98.3 cm³/mol. The highest BCUT2D eigenvalue weighted by Crippen LogP contribution is 2.50. The average molecular weight is 373 g/mol. The minimum atomic E-state index is -0.782. The fraction of sp³-hybridized carbons (Fsp3) is 0.450. The number of fused-ring (bicyclic) bond motifs is 1. The van der Waals surface area contributed by atoms with E-state index in [1.165, 1.54) is 4.90 Å². The van der Waals surface area contributed by atoms with Crippen molar-refractivity contribution >= 4 is 35.0 Å². The first-order chi connectivity index (χ1) is 12.5. The minimum absolute atomic E-state index is 0.128. The van der Waals surface area contributed by atoms with E-state index < -0.39 is 6.04 Å². The van der Waals surface area contributed by atoms with Crippen LogP contribution in [0.1, 0.15) is 26.2 Å². The number of likely N-dealkylation sites (tertiary alicyclic amines) is 1. The first kappa shape index (κ1) is 17.3. The Balaban J connectivity index is 1.56. The van der Waals surface area contributed by atoms with Crippen molar-refractivity contribution in [3.05, 3.63) is 41.4 Å². The van der Waals surface area contributed by atoms with Crippen LogP contribution in [0.2, 0.25) is 5.02 Å². The van der Waals surface area contributed by atoms with E-state index in [2.05, 4.69) is 17.5 Å². The Morgan fingerprint density at radius 1 is 1.12 bits per heavy atom. The fourth-order valence-corrected chi connectivity index (χ4v) is 4.77. The molecule has 1 saturated carbocycles. The molecule has 1 aliphatic heterocycles. The van der Waals surface area contributed by atoms with Crippen molar-refractivity contribution in [2.75, 3.05) is 5.32 Å². The standard InChI is InChI=1S/C20H21ClN2O3/c1-2-15(18(24)22-14-9-7-13(21)8-10-14)23-19(25)16-11-3-4-12(6-5-11)17(16)20(23)26/h3-4,7-12,15-17H,2,5-6H2,1H3,(H,22,24)/t11-,12-,15+,16+,17+/m0/s1. The first-order valence-corrected chi connectivity index (χ1v) is 9.50. The summed E-state index contributed by atoms with van der Waals surface area (Å²) in [6, 6.07) is 5.98. The third-order valence-corrected chi connectivity index (χ3v) is 6.16. The molecule has 1 heterocycles. The molecule has 3 amide bonds. The Bertz CT molecular complexity index is 757. The molecule has 2 bridgehead atoms. The Hall–Kier alpha value is -2.14. The minimum Gasteiger partial charge on any atom is -0.324 e. The van der Waals surface area contributed by atoms with E-state index in [1.54, 1.807) is 24.3 Å². The van der Waals surface area contributed by atoms with Crippen LogP contribution >= 0.6 is 11.6 Å². The second-order valence-corrected chi connectivity index (χ2v) is 7.74. The number of nitrogens with zero attached hydrogens (tertiary/aromatic N) is 1. The van der Waals surface area contributed by atoms with Gasteiger partial charge < -0.3 is 5.32 Å². The molecule has 1 N–H and O–H groups in total. The maximum atomic E-state index is 13.0. The van der Waals surface area contributed by atoms with Crippen LogP contribution < -0.4 is 5.32 Å². The number of imide groups is 1. The number of carbonyl (C=O) groups excluding carboxylic acids is 3. The van der Waals surface area contributed by atoms with Crippen LogP contribution in [0.3, 0.4) is 0 Å². The SMILES string of the molecule is CC[C@H](C(=O)Nc1ccc(Cl)cc1)N1C(=O)[C@H]2[C@H](C1=O)[C@H]1C=C[C@H]2CC1. The molecule has 0 spiro atoms. The van der Waals surface area contributed by atoms with Gasteiger partial charge in [0, 0.05) is 10.7 Å². The highest BCUT2D eigenvalue weighted by atomic mass is 35.5. The van der Waals surface area contributed by atoms with Crippen LogP contribution in [0.15, 0.2) is 36.4 Å². The highest BCUT2D eigenvalue weighted by molar-refractivity contribution is 6.30. The van der Waals surface area contributed by atoms with Gasteiger partial charge in [0.25, 0.3) is 0 Å². The first-order valence-electron chi connectivity index (χ1n) is 9.13. The van der Waals surface area contributed by atoms with Crippen molar-refractivity contribution < 1.29 is 14.4 Å². The third-order valence-electron chi connectivity index (χ3n) is 5.91. The smallest absolute Gasteiger partial charge is 0.247 e. The van der Waals surface area contributed by atoms with Gasteiger partial charge >= 0.3 is 0 Å². The van der Waals surface area contributed by atoms with Crippen molar-refractivity contribution in [3.63, 3.8) is 0 Å². The zero-order chi connectivity index (χ0) is 18.4. The van der Waals surface area contributed by atoms with Gasteiger partial charge in [0.05, 0.1) is 11.8 Å². The molecule has 1 aromatic rings. The van der Waals surface area contributed by atoms with Crippen molar-refractivity contribution in [1.29, 1.82) is 0 Å². The molecule has 0 unspecified atom stereocenters. The van der Waals surface area contributed by atoms with E-state index in [-0.39, 0.29) is 41.4 Å². The van der Waals surface area contributed by atoms with Crippen LogP contribution in [0.25, 0.3) is 0 Å². The molecule has 26 heavy (non-hydrogen) atoms. The van der Waals surface area contributed by atoms with Crippen molar-refractivity contribution in [1.82, 2.24) is 4.90 Å². The summed E-state index contributed by atoms with van der Waals surface area (Å²) in [5.41, 5.74) is 0.594. The highest BCUT2D eigenvalue weighted by Gasteiger charge is 2.58. The maximum absolute atomic E-state index is 13.0. The molecule has 2 fully saturated rings. The number of benzene rings is 1. The summed E-state index contributed by atoms with van der Waals surface area (Å²) in [5, 5.41) is 3.37. The van der Waals surface area contributed by atoms with Crippen molar-refractivity contribution in [3.8, 4) is 0 Å². The van der Waals surface area contributed by atoms with E-state index >= 15 is 0 Å². The summed E-state index contributed by atoms with van der Waals surface area (Å²) in [6.07, 6.45) is 6.45. The van der Waals surface area contributed by atoms with Crippen LogP contribution in [0, 0.1) is 23.7 Å². The second-order valence-electron chi connectivity index (χ2n) is 7.31.